The monoisotopic (exact) mass is 595 g/mol. The second kappa shape index (κ2) is 13.3. The lowest BCUT2D eigenvalue weighted by molar-refractivity contribution is -0.162. The number of alkyl halides is 3. The fraction of sp³-hybridized carbons (Fsp3) is 0.583. The average Bonchev–Trinajstić information content (AvgIpc) is 3.14. The van der Waals surface area contributed by atoms with Gasteiger partial charge in [-0.05, 0) is 45.6 Å². The largest absolute Gasteiger partial charge is 0.523 e. The number of carbonyl (C=O) groups excluding carboxylic acids is 4. The molecular weight excluding hydrogens is 563 g/mol. The minimum absolute atomic E-state index is 0.00349. The van der Waals surface area contributed by atoms with Crippen molar-refractivity contribution in [1.29, 1.82) is 0 Å². The second-order valence-corrected chi connectivity index (χ2v) is 11.5. The Labute approximate surface area is 229 Å². The van der Waals surface area contributed by atoms with E-state index in [0.717, 1.165) is 10.5 Å². The normalized spacial score (nSPS) is 17.0. The predicted octanol–water partition coefficient (Wildman–Crippen LogP) is 2.92. The van der Waals surface area contributed by atoms with Crippen LogP contribution < -0.4 is 5.32 Å². The van der Waals surface area contributed by atoms with Crippen molar-refractivity contribution in [3.8, 4) is 0 Å². The molecule has 0 radical (unpaired) electrons. The Morgan fingerprint density at radius 1 is 1.10 bits per heavy atom. The van der Waals surface area contributed by atoms with E-state index in [9.17, 15) is 40.8 Å². The number of halogens is 3. The van der Waals surface area contributed by atoms with E-state index in [1.165, 1.54) is 27.8 Å². The number of nitrogens with one attached hydrogen (secondary N) is 1. The van der Waals surface area contributed by atoms with E-state index in [0.29, 0.717) is 4.90 Å². The summed E-state index contributed by atoms with van der Waals surface area (Å²) in [5.74, 6) is -2.46. The summed E-state index contributed by atoms with van der Waals surface area (Å²) < 4.78 is 77.0. The van der Waals surface area contributed by atoms with E-state index in [1.807, 2.05) is 0 Å². The van der Waals surface area contributed by atoms with Crippen LogP contribution in [0.1, 0.15) is 45.6 Å². The molecule has 0 spiro atoms. The van der Waals surface area contributed by atoms with Crippen molar-refractivity contribution < 1.29 is 54.4 Å². The molecule has 1 saturated heterocycles. The number of carbonyl (C=O) groups is 4. The standard InChI is InChI=1S/C24H32F3N3O9S/c1-23(2,3)38-20(32)17-14-29(4)22(34)30(17)19(31)18(39-40(35,36)24(25,26)27)12-8-9-13-28-21(33)37-15-16-10-6-5-7-11-16/h5-7,10-11,17-18H,8-9,12-15H2,1-4H3,(H,28,33)/t17-,18+/m0/s1. The van der Waals surface area contributed by atoms with Crippen molar-refractivity contribution in [2.45, 2.75) is 69.9 Å². The van der Waals surface area contributed by atoms with Gasteiger partial charge < -0.3 is 19.7 Å². The van der Waals surface area contributed by atoms with Gasteiger partial charge in [-0.3, -0.25) is 4.79 Å². The van der Waals surface area contributed by atoms with E-state index in [4.69, 9.17) is 9.47 Å². The summed E-state index contributed by atoms with van der Waals surface area (Å²) in [7, 11) is -4.99. The van der Waals surface area contributed by atoms with Gasteiger partial charge in [-0.1, -0.05) is 30.3 Å². The van der Waals surface area contributed by atoms with E-state index >= 15 is 0 Å². The first-order chi connectivity index (χ1) is 18.4. The van der Waals surface area contributed by atoms with Crippen LogP contribution in [0.15, 0.2) is 30.3 Å². The highest BCUT2D eigenvalue weighted by molar-refractivity contribution is 7.87. The Hall–Kier alpha value is -3.40. The number of amides is 4. The summed E-state index contributed by atoms with van der Waals surface area (Å²) in [6.45, 7) is 4.25. The van der Waals surface area contributed by atoms with E-state index in [2.05, 4.69) is 9.50 Å². The van der Waals surface area contributed by atoms with Crippen LogP contribution in [0.3, 0.4) is 0 Å². The van der Waals surface area contributed by atoms with Crippen LogP contribution in [0, 0.1) is 0 Å². The van der Waals surface area contributed by atoms with Gasteiger partial charge in [-0.15, -0.1) is 0 Å². The molecule has 1 fully saturated rings. The van der Waals surface area contributed by atoms with Gasteiger partial charge in [-0.2, -0.15) is 21.6 Å². The van der Waals surface area contributed by atoms with Crippen LogP contribution in [0.5, 0.6) is 0 Å². The molecule has 16 heteroatoms. The number of rotatable bonds is 11. The lowest BCUT2D eigenvalue weighted by Crippen LogP contribution is -2.51. The molecule has 0 aliphatic carbocycles. The zero-order valence-corrected chi connectivity index (χ0v) is 23.2. The summed E-state index contributed by atoms with van der Waals surface area (Å²) in [6.07, 6.45) is -3.64. The summed E-state index contributed by atoms with van der Waals surface area (Å²) in [4.78, 5) is 51.7. The Bertz CT molecular complexity index is 1170. The highest BCUT2D eigenvalue weighted by atomic mass is 32.2. The number of hydrogen-bond acceptors (Lipinski definition) is 9. The number of ether oxygens (including phenoxy) is 2. The van der Waals surface area contributed by atoms with Crippen molar-refractivity contribution in [1.82, 2.24) is 15.1 Å². The molecule has 4 amide bonds. The summed E-state index contributed by atoms with van der Waals surface area (Å²) >= 11 is 0. The maximum atomic E-state index is 13.2. The Kier molecular flexibility index (Phi) is 10.9. The fourth-order valence-corrected chi connectivity index (χ4v) is 4.12. The molecule has 0 aromatic heterocycles. The molecule has 224 valence electrons. The van der Waals surface area contributed by atoms with Crippen molar-refractivity contribution in [3.05, 3.63) is 35.9 Å². The number of imide groups is 1. The lowest BCUT2D eigenvalue weighted by Gasteiger charge is -2.27. The summed E-state index contributed by atoms with van der Waals surface area (Å²) in [6, 6.07) is 6.23. The minimum atomic E-state index is -6.24. The molecule has 12 nitrogen and oxygen atoms in total. The Morgan fingerprint density at radius 3 is 2.30 bits per heavy atom. The van der Waals surface area contributed by atoms with Gasteiger partial charge in [0.05, 0.1) is 6.54 Å². The van der Waals surface area contributed by atoms with Gasteiger partial charge in [0.2, 0.25) is 0 Å². The molecule has 1 N–H and O–H groups in total. The maximum absolute atomic E-state index is 13.2. The minimum Gasteiger partial charge on any atom is -0.458 e. The summed E-state index contributed by atoms with van der Waals surface area (Å²) in [5.41, 5.74) is -6.11. The molecular formula is C24H32F3N3O9S. The topological polar surface area (TPSA) is 149 Å². The van der Waals surface area contributed by atoms with Crippen LogP contribution in [0.25, 0.3) is 0 Å². The maximum Gasteiger partial charge on any atom is 0.523 e. The second-order valence-electron chi connectivity index (χ2n) is 9.89. The Balaban J connectivity index is 2.07. The van der Waals surface area contributed by atoms with Gasteiger partial charge in [0, 0.05) is 13.6 Å². The number of unbranched alkanes of at least 4 members (excludes halogenated alkanes) is 1. The molecule has 40 heavy (non-hydrogen) atoms. The van der Waals surface area contributed by atoms with E-state index in [1.54, 1.807) is 30.3 Å². The van der Waals surface area contributed by atoms with Crippen molar-refractivity contribution >= 4 is 34.1 Å². The molecule has 0 bridgehead atoms. The smallest absolute Gasteiger partial charge is 0.458 e. The van der Waals surface area contributed by atoms with Crippen LogP contribution in [-0.4, -0.2) is 85.6 Å². The molecule has 2 atom stereocenters. The number of benzene rings is 1. The van der Waals surface area contributed by atoms with E-state index < -0.39 is 63.8 Å². The molecule has 1 aromatic carbocycles. The first kappa shape index (κ1) is 32.8. The average molecular weight is 596 g/mol. The molecule has 1 aliphatic rings. The van der Waals surface area contributed by atoms with Crippen molar-refractivity contribution in [3.63, 3.8) is 0 Å². The fourth-order valence-electron chi connectivity index (χ4n) is 3.53. The van der Waals surface area contributed by atoms with Gasteiger partial charge in [-0.25, -0.2) is 23.5 Å². The molecule has 0 saturated carbocycles. The van der Waals surface area contributed by atoms with Gasteiger partial charge in [0.1, 0.15) is 12.2 Å². The van der Waals surface area contributed by atoms with Gasteiger partial charge in [0.15, 0.2) is 12.1 Å². The molecule has 1 aliphatic heterocycles. The van der Waals surface area contributed by atoms with Crippen LogP contribution >= 0.6 is 0 Å². The number of hydrogen-bond donors (Lipinski definition) is 1. The number of nitrogens with zero attached hydrogens (tertiary/aromatic N) is 2. The highest BCUT2D eigenvalue weighted by Crippen LogP contribution is 2.29. The third kappa shape index (κ3) is 9.36. The zero-order valence-electron chi connectivity index (χ0n) is 22.4. The molecule has 2 rings (SSSR count). The molecule has 1 aromatic rings. The number of alkyl carbamates (subject to hydrolysis) is 1. The van der Waals surface area contributed by atoms with Crippen LogP contribution in [0.2, 0.25) is 0 Å². The number of urea groups is 1. The number of likely N-dealkylation sites (N-methyl/N-ethyl adjacent to an activating group) is 1. The first-order valence-corrected chi connectivity index (χ1v) is 13.6. The highest BCUT2D eigenvalue weighted by Gasteiger charge is 2.52. The zero-order chi connectivity index (χ0) is 30.3. The lowest BCUT2D eigenvalue weighted by atomic mass is 10.1. The SMILES string of the molecule is CN1C[C@@H](C(=O)OC(C)(C)C)N(C(=O)[C@@H](CCCCNC(=O)OCc2ccccc2)OS(=O)(=O)C(F)(F)F)C1=O. The van der Waals surface area contributed by atoms with Crippen LogP contribution in [-0.2, 0) is 40.0 Å². The van der Waals surface area contributed by atoms with Crippen molar-refractivity contribution in [2.75, 3.05) is 20.1 Å². The first-order valence-electron chi connectivity index (χ1n) is 12.2. The predicted molar refractivity (Wildman–Crippen MR) is 133 cm³/mol. The number of esters is 1. The van der Waals surface area contributed by atoms with E-state index in [-0.39, 0.29) is 32.5 Å². The summed E-state index contributed by atoms with van der Waals surface area (Å²) in [5, 5.41) is 2.42. The van der Waals surface area contributed by atoms with Crippen LogP contribution in [0.4, 0.5) is 22.8 Å². The van der Waals surface area contributed by atoms with Crippen molar-refractivity contribution in [2.24, 2.45) is 0 Å². The van der Waals surface area contributed by atoms with Gasteiger partial charge in [0.25, 0.3) is 5.91 Å². The van der Waals surface area contributed by atoms with Gasteiger partial charge >= 0.3 is 33.7 Å². The third-order valence-electron chi connectivity index (χ3n) is 5.38. The molecule has 1 heterocycles. The molecule has 0 unspecified atom stereocenters. The Morgan fingerprint density at radius 2 is 1.73 bits per heavy atom. The quantitative estimate of drug-likeness (QED) is 0.176. The third-order valence-corrected chi connectivity index (χ3v) is 6.44.